The van der Waals surface area contributed by atoms with Crippen LogP contribution in [0.2, 0.25) is 0 Å². The molecule has 0 radical (unpaired) electrons. The number of nitrogen functional groups attached to an aromatic ring is 1. The number of hydrogen-bond acceptors (Lipinski definition) is 5. The van der Waals surface area contributed by atoms with Crippen LogP contribution < -0.4 is 11.1 Å². The molecule has 0 aliphatic heterocycles. The number of benzene rings is 3. The highest BCUT2D eigenvalue weighted by atomic mass is 19.4. The molecule has 0 unspecified atom stereocenters. The average Bonchev–Trinajstić information content (AvgIpc) is 3.12. The van der Waals surface area contributed by atoms with Crippen LogP contribution in [0.1, 0.15) is 27.0 Å². The van der Waals surface area contributed by atoms with Crippen molar-refractivity contribution in [3.63, 3.8) is 0 Å². The number of anilines is 2. The molecule has 5 rings (SSSR count). The Morgan fingerprint density at radius 2 is 1.75 bits per heavy atom. The first-order valence-corrected chi connectivity index (χ1v) is 10.7. The van der Waals surface area contributed by atoms with Crippen molar-refractivity contribution in [1.29, 1.82) is 5.26 Å². The van der Waals surface area contributed by atoms with Gasteiger partial charge < -0.3 is 11.1 Å². The van der Waals surface area contributed by atoms with Gasteiger partial charge in [0.05, 0.1) is 22.3 Å². The van der Waals surface area contributed by atoms with Crippen LogP contribution in [0.25, 0.3) is 27.9 Å². The fourth-order valence-corrected chi connectivity index (χ4v) is 3.98. The molecule has 0 saturated heterocycles. The minimum absolute atomic E-state index is 0.00646. The van der Waals surface area contributed by atoms with Crippen LogP contribution in [0.3, 0.4) is 0 Å². The lowest BCUT2D eigenvalue weighted by Crippen LogP contribution is -2.14. The van der Waals surface area contributed by atoms with Gasteiger partial charge in [-0.05, 0) is 55.0 Å². The van der Waals surface area contributed by atoms with Crippen molar-refractivity contribution in [2.45, 2.75) is 13.1 Å². The van der Waals surface area contributed by atoms with Gasteiger partial charge in [-0.1, -0.05) is 24.3 Å². The Labute approximate surface area is 202 Å². The molecule has 1 amide bonds. The van der Waals surface area contributed by atoms with E-state index in [4.69, 9.17) is 5.73 Å². The van der Waals surface area contributed by atoms with Gasteiger partial charge in [-0.3, -0.25) is 9.36 Å². The van der Waals surface area contributed by atoms with Crippen molar-refractivity contribution in [3.8, 4) is 11.8 Å². The number of rotatable bonds is 3. The fraction of sp³-hybridized carbons (Fsp3) is 0.0769. The number of amides is 1. The van der Waals surface area contributed by atoms with Crippen LogP contribution in [-0.4, -0.2) is 20.4 Å². The van der Waals surface area contributed by atoms with Gasteiger partial charge in [-0.25, -0.2) is 9.97 Å². The van der Waals surface area contributed by atoms with Crippen LogP contribution in [0.4, 0.5) is 24.7 Å². The molecule has 5 aromatic rings. The molecule has 0 atom stereocenters. The number of halogens is 3. The number of nitriles is 1. The molecule has 0 aliphatic rings. The summed E-state index contributed by atoms with van der Waals surface area (Å²) < 4.78 is 40.7. The fourth-order valence-electron chi connectivity index (χ4n) is 3.98. The Kier molecular flexibility index (Phi) is 5.33. The van der Waals surface area contributed by atoms with Crippen LogP contribution in [0, 0.1) is 18.3 Å². The van der Waals surface area contributed by atoms with E-state index in [9.17, 15) is 23.2 Å². The van der Waals surface area contributed by atoms with E-state index in [1.165, 1.54) is 12.1 Å². The largest absolute Gasteiger partial charge is 0.416 e. The first-order chi connectivity index (χ1) is 17.2. The molecule has 0 fully saturated rings. The maximum atomic E-state index is 13.0. The highest BCUT2D eigenvalue weighted by Crippen LogP contribution is 2.33. The van der Waals surface area contributed by atoms with Gasteiger partial charge in [-0.2, -0.15) is 18.4 Å². The summed E-state index contributed by atoms with van der Waals surface area (Å²) in [6.45, 7) is 1.80. The zero-order valence-corrected chi connectivity index (χ0v) is 18.8. The van der Waals surface area contributed by atoms with Crippen LogP contribution in [0.15, 0.2) is 66.7 Å². The van der Waals surface area contributed by atoms with E-state index in [0.29, 0.717) is 27.9 Å². The molecule has 2 heterocycles. The Morgan fingerprint density at radius 1 is 1.03 bits per heavy atom. The number of nitrogens with two attached hydrogens (primary N) is 1. The van der Waals surface area contributed by atoms with Crippen LogP contribution >= 0.6 is 0 Å². The standard InChI is InChI=1S/C26H17F3N6O/c1-14-9-10-15(25(36)32-17-6-4-5-16(12-17)26(27,28)29)11-21(14)35-23(31)18(13-30)22-24(35)34-20-8-3-2-7-19(20)33-22/h2-12H,31H2,1H3,(H,32,36). The Morgan fingerprint density at radius 3 is 2.44 bits per heavy atom. The van der Waals surface area contributed by atoms with E-state index in [1.54, 1.807) is 41.8 Å². The SMILES string of the molecule is Cc1ccc(C(=O)Nc2cccc(C(F)(F)F)c2)cc1-n1c(N)c(C#N)c2nc3ccccc3nc21. The summed E-state index contributed by atoms with van der Waals surface area (Å²) in [6.07, 6.45) is -4.53. The molecule has 2 aromatic heterocycles. The number of hydrogen-bond donors (Lipinski definition) is 2. The molecule has 0 spiro atoms. The second kappa shape index (κ2) is 8.39. The Hall–Kier alpha value is -4.91. The van der Waals surface area contributed by atoms with E-state index in [0.717, 1.165) is 17.7 Å². The number of carbonyl (C=O) groups excluding carboxylic acids is 1. The quantitative estimate of drug-likeness (QED) is 0.345. The second-order valence-electron chi connectivity index (χ2n) is 8.13. The average molecular weight is 486 g/mol. The number of aryl methyl sites for hydroxylation is 1. The lowest BCUT2D eigenvalue weighted by atomic mass is 10.1. The summed E-state index contributed by atoms with van der Waals surface area (Å²) >= 11 is 0. The van der Waals surface area contributed by atoms with E-state index in [-0.39, 0.29) is 22.6 Å². The van der Waals surface area contributed by atoms with Crippen molar-refractivity contribution in [2.75, 3.05) is 11.1 Å². The minimum Gasteiger partial charge on any atom is -0.384 e. The van der Waals surface area contributed by atoms with Gasteiger partial charge in [-0.15, -0.1) is 0 Å². The zero-order chi connectivity index (χ0) is 25.6. The summed E-state index contributed by atoms with van der Waals surface area (Å²) in [6, 6.07) is 18.4. The van der Waals surface area contributed by atoms with Crippen LogP contribution in [-0.2, 0) is 6.18 Å². The van der Waals surface area contributed by atoms with Crippen molar-refractivity contribution >= 4 is 39.6 Å². The normalized spacial score (nSPS) is 11.5. The van der Waals surface area contributed by atoms with Gasteiger partial charge in [0.1, 0.15) is 23.0 Å². The molecule has 0 bridgehead atoms. The van der Waals surface area contributed by atoms with Gasteiger partial charge >= 0.3 is 6.18 Å². The monoisotopic (exact) mass is 486 g/mol. The van der Waals surface area contributed by atoms with E-state index < -0.39 is 17.6 Å². The van der Waals surface area contributed by atoms with E-state index in [1.807, 2.05) is 12.1 Å². The number of carbonyl (C=O) groups is 1. The number of aromatic nitrogens is 3. The Balaban J connectivity index is 1.61. The third-order valence-electron chi connectivity index (χ3n) is 5.77. The number of fused-ring (bicyclic) bond motifs is 2. The summed E-state index contributed by atoms with van der Waals surface area (Å²) in [5, 5.41) is 12.3. The molecule has 0 aliphatic carbocycles. The minimum atomic E-state index is -4.53. The smallest absolute Gasteiger partial charge is 0.384 e. The van der Waals surface area contributed by atoms with E-state index in [2.05, 4.69) is 21.4 Å². The highest BCUT2D eigenvalue weighted by molar-refractivity contribution is 6.05. The molecule has 3 N–H and O–H groups in total. The summed E-state index contributed by atoms with van der Waals surface area (Å²) in [4.78, 5) is 22.2. The van der Waals surface area contributed by atoms with Crippen molar-refractivity contribution in [2.24, 2.45) is 0 Å². The van der Waals surface area contributed by atoms with E-state index >= 15 is 0 Å². The van der Waals surface area contributed by atoms with Crippen molar-refractivity contribution in [1.82, 2.24) is 14.5 Å². The Bertz CT molecular complexity index is 1720. The maximum absolute atomic E-state index is 13.0. The molecule has 0 saturated carbocycles. The molecule has 36 heavy (non-hydrogen) atoms. The third kappa shape index (κ3) is 3.86. The number of para-hydroxylation sites is 2. The molecular weight excluding hydrogens is 469 g/mol. The van der Waals surface area contributed by atoms with Gasteiger partial charge in [0.25, 0.3) is 5.91 Å². The molecule has 3 aromatic carbocycles. The zero-order valence-electron chi connectivity index (χ0n) is 18.8. The first kappa shape index (κ1) is 22.9. The predicted octanol–water partition coefficient (Wildman–Crippen LogP) is 5.61. The number of alkyl halides is 3. The summed E-state index contributed by atoms with van der Waals surface area (Å²) in [5.74, 6) is -0.496. The lowest BCUT2D eigenvalue weighted by molar-refractivity contribution is -0.137. The summed E-state index contributed by atoms with van der Waals surface area (Å²) in [5.41, 5.74) is 8.92. The van der Waals surface area contributed by atoms with Crippen molar-refractivity contribution in [3.05, 3.63) is 89.0 Å². The molecule has 7 nitrogen and oxygen atoms in total. The number of nitrogens with one attached hydrogen (secondary N) is 1. The van der Waals surface area contributed by atoms with Gasteiger partial charge in [0.15, 0.2) is 5.65 Å². The molecule has 10 heteroatoms. The maximum Gasteiger partial charge on any atom is 0.416 e. The molecular formula is C26H17F3N6O. The van der Waals surface area contributed by atoms with Crippen molar-refractivity contribution < 1.29 is 18.0 Å². The number of nitrogens with zero attached hydrogens (tertiary/aromatic N) is 4. The third-order valence-corrected chi connectivity index (χ3v) is 5.77. The van der Waals surface area contributed by atoms with Crippen LogP contribution in [0.5, 0.6) is 0 Å². The lowest BCUT2D eigenvalue weighted by Gasteiger charge is -2.14. The topological polar surface area (TPSA) is 110 Å². The molecule has 178 valence electrons. The van der Waals surface area contributed by atoms with Gasteiger partial charge in [0.2, 0.25) is 0 Å². The first-order valence-electron chi connectivity index (χ1n) is 10.7. The summed E-state index contributed by atoms with van der Waals surface area (Å²) in [7, 11) is 0. The van der Waals surface area contributed by atoms with Gasteiger partial charge in [0, 0.05) is 11.3 Å². The second-order valence-corrected chi connectivity index (χ2v) is 8.13. The highest BCUT2D eigenvalue weighted by Gasteiger charge is 2.30. The predicted molar refractivity (Wildman–Crippen MR) is 130 cm³/mol.